The Balaban J connectivity index is 2.68. The normalized spacial score (nSPS) is 24.4. The molecule has 3 atom stereocenters. The highest BCUT2D eigenvalue weighted by Crippen LogP contribution is 2.43. The number of ether oxygens (including phenoxy) is 2. The van der Waals surface area contributed by atoms with Crippen molar-refractivity contribution in [2.24, 2.45) is 5.92 Å². The molecule has 0 spiro atoms. The van der Waals surface area contributed by atoms with E-state index in [2.05, 4.69) is 0 Å². The summed E-state index contributed by atoms with van der Waals surface area (Å²) in [6.07, 6.45) is 0. The van der Waals surface area contributed by atoms with Crippen LogP contribution in [0.15, 0.2) is 41.6 Å². The van der Waals surface area contributed by atoms with Gasteiger partial charge in [0.15, 0.2) is 0 Å². The molecule has 23 heavy (non-hydrogen) atoms. The van der Waals surface area contributed by atoms with E-state index in [1.807, 2.05) is 56.1 Å². The minimum atomic E-state index is -0.481. The highest BCUT2D eigenvalue weighted by atomic mass is 16.5. The van der Waals surface area contributed by atoms with Gasteiger partial charge in [-0.25, -0.2) is 4.79 Å². The lowest BCUT2D eigenvalue weighted by atomic mass is 9.73. The fourth-order valence-corrected chi connectivity index (χ4v) is 3.31. The summed E-state index contributed by atoms with van der Waals surface area (Å²) in [5.74, 6) is -1.61. The van der Waals surface area contributed by atoms with Gasteiger partial charge in [0, 0.05) is 24.7 Å². The predicted octanol–water partition coefficient (Wildman–Crippen LogP) is 2.34. The molecule has 1 aromatic carbocycles. The van der Waals surface area contributed by atoms with E-state index in [-0.39, 0.29) is 17.9 Å². The van der Waals surface area contributed by atoms with Gasteiger partial charge in [-0.3, -0.25) is 4.79 Å². The average Bonchev–Trinajstić information content (AvgIpc) is 2.58. The van der Waals surface area contributed by atoms with Crippen molar-refractivity contribution in [2.75, 3.05) is 21.3 Å². The minimum Gasteiger partial charge on any atom is -0.469 e. The number of benzene rings is 1. The molecule has 2 rings (SSSR count). The van der Waals surface area contributed by atoms with E-state index < -0.39 is 11.9 Å². The molecule has 5 heteroatoms. The van der Waals surface area contributed by atoms with Crippen molar-refractivity contribution >= 4 is 11.9 Å². The third kappa shape index (κ3) is 2.96. The summed E-state index contributed by atoms with van der Waals surface area (Å²) in [7, 11) is 4.61. The zero-order valence-corrected chi connectivity index (χ0v) is 14.2. The van der Waals surface area contributed by atoms with E-state index in [0.717, 1.165) is 11.3 Å². The van der Waals surface area contributed by atoms with Crippen LogP contribution in [0.3, 0.4) is 0 Å². The number of esters is 2. The molecule has 124 valence electrons. The van der Waals surface area contributed by atoms with Crippen molar-refractivity contribution in [1.29, 1.82) is 0 Å². The fraction of sp³-hybridized carbons (Fsp3) is 0.444. The molecule has 0 radical (unpaired) electrons. The molecule has 1 aromatic rings. The number of hydrogen-bond acceptors (Lipinski definition) is 5. The van der Waals surface area contributed by atoms with Crippen LogP contribution in [0, 0.1) is 5.92 Å². The van der Waals surface area contributed by atoms with E-state index >= 15 is 0 Å². The second kappa shape index (κ2) is 6.86. The van der Waals surface area contributed by atoms with Gasteiger partial charge in [-0.15, -0.1) is 0 Å². The summed E-state index contributed by atoms with van der Waals surface area (Å²) in [6.45, 7) is 3.85. The Morgan fingerprint density at radius 3 is 2.22 bits per heavy atom. The Labute approximate surface area is 136 Å². The first-order valence-electron chi connectivity index (χ1n) is 7.58. The molecule has 5 nitrogen and oxygen atoms in total. The van der Waals surface area contributed by atoms with Gasteiger partial charge in [0.1, 0.15) is 0 Å². The standard InChI is InChI=1S/C18H23NO4/c1-11-14(17(20)22-4)16(13-9-7-6-8-10-13)15(18(21)23-5)12(2)19(11)3/h6-11,14,16H,1-5H3. The second-order valence-electron chi connectivity index (χ2n) is 5.78. The van der Waals surface area contributed by atoms with Gasteiger partial charge in [0.05, 0.1) is 25.7 Å². The Morgan fingerprint density at radius 2 is 1.70 bits per heavy atom. The van der Waals surface area contributed by atoms with Crippen molar-refractivity contribution in [3.8, 4) is 0 Å². The van der Waals surface area contributed by atoms with Crippen molar-refractivity contribution in [3.05, 3.63) is 47.2 Å². The monoisotopic (exact) mass is 317 g/mol. The van der Waals surface area contributed by atoms with Crippen LogP contribution in [0.1, 0.15) is 25.3 Å². The Morgan fingerprint density at radius 1 is 1.09 bits per heavy atom. The van der Waals surface area contributed by atoms with E-state index in [9.17, 15) is 9.59 Å². The quantitative estimate of drug-likeness (QED) is 0.801. The summed E-state index contributed by atoms with van der Waals surface area (Å²) in [6, 6.07) is 9.46. The highest BCUT2D eigenvalue weighted by molar-refractivity contribution is 5.93. The van der Waals surface area contributed by atoms with Crippen molar-refractivity contribution < 1.29 is 19.1 Å². The van der Waals surface area contributed by atoms with Gasteiger partial charge in [-0.2, -0.15) is 0 Å². The molecule has 1 heterocycles. The molecule has 0 saturated carbocycles. The molecule has 0 bridgehead atoms. The van der Waals surface area contributed by atoms with Crippen LogP contribution in [0.4, 0.5) is 0 Å². The van der Waals surface area contributed by atoms with E-state index in [1.54, 1.807) is 0 Å². The van der Waals surface area contributed by atoms with Gasteiger partial charge in [-0.05, 0) is 19.4 Å². The molecule has 0 amide bonds. The summed E-state index contributed by atoms with van der Waals surface area (Å²) in [5, 5.41) is 0. The maximum Gasteiger partial charge on any atom is 0.336 e. The molecule has 1 aliphatic heterocycles. The number of hydrogen-bond donors (Lipinski definition) is 0. The topological polar surface area (TPSA) is 55.8 Å². The Kier molecular flexibility index (Phi) is 5.08. The zero-order chi connectivity index (χ0) is 17.1. The molecule has 0 aliphatic carbocycles. The molecular formula is C18H23NO4. The number of carbonyl (C=O) groups excluding carboxylic acids is 2. The lowest BCUT2D eigenvalue weighted by Crippen LogP contribution is -2.48. The van der Waals surface area contributed by atoms with Gasteiger partial charge < -0.3 is 14.4 Å². The van der Waals surface area contributed by atoms with Gasteiger partial charge in [0.2, 0.25) is 0 Å². The lowest BCUT2D eigenvalue weighted by molar-refractivity contribution is -0.149. The third-order valence-electron chi connectivity index (χ3n) is 4.76. The number of allylic oxidation sites excluding steroid dienone is 1. The van der Waals surface area contributed by atoms with Gasteiger partial charge >= 0.3 is 11.9 Å². The van der Waals surface area contributed by atoms with Crippen LogP contribution in [0.5, 0.6) is 0 Å². The number of methoxy groups -OCH3 is 2. The Bertz CT molecular complexity index is 623. The van der Waals surface area contributed by atoms with Crippen molar-refractivity contribution in [2.45, 2.75) is 25.8 Å². The molecular weight excluding hydrogens is 294 g/mol. The van der Waals surface area contributed by atoms with Crippen LogP contribution in [0.25, 0.3) is 0 Å². The molecule has 3 unspecified atom stereocenters. The van der Waals surface area contributed by atoms with Crippen molar-refractivity contribution in [3.63, 3.8) is 0 Å². The summed E-state index contributed by atoms with van der Waals surface area (Å²) >= 11 is 0. The van der Waals surface area contributed by atoms with Crippen LogP contribution < -0.4 is 0 Å². The predicted molar refractivity (Wildman–Crippen MR) is 86.6 cm³/mol. The molecule has 0 saturated heterocycles. The van der Waals surface area contributed by atoms with Crippen LogP contribution in [-0.2, 0) is 19.1 Å². The first kappa shape index (κ1) is 17.1. The molecule has 0 N–H and O–H groups in total. The zero-order valence-electron chi connectivity index (χ0n) is 14.2. The third-order valence-corrected chi connectivity index (χ3v) is 4.76. The number of rotatable bonds is 3. The largest absolute Gasteiger partial charge is 0.469 e. The maximum atomic E-state index is 12.4. The van der Waals surface area contributed by atoms with Gasteiger partial charge in [-0.1, -0.05) is 30.3 Å². The molecule has 0 aromatic heterocycles. The Hall–Kier alpha value is -2.30. The SMILES string of the molecule is COC(=O)C1=C(C)N(C)C(C)C(C(=O)OC)C1c1ccccc1. The smallest absolute Gasteiger partial charge is 0.336 e. The first-order valence-corrected chi connectivity index (χ1v) is 7.58. The summed E-state index contributed by atoms with van der Waals surface area (Å²) in [4.78, 5) is 26.8. The van der Waals surface area contributed by atoms with Crippen molar-refractivity contribution in [1.82, 2.24) is 4.90 Å². The lowest BCUT2D eigenvalue weighted by Gasteiger charge is -2.43. The maximum absolute atomic E-state index is 12.4. The minimum absolute atomic E-state index is 0.0962. The van der Waals surface area contributed by atoms with E-state index in [0.29, 0.717) is 5.57 Å². The molecule has 0 fully saturated rings. The first-order chi connectivity index (χ1) is 10.9. The van der Waals surface area contributed by atoms with Crippen LogP contribution >= 0.6 is 0 Å². The van der Waals surface area contributed by atoms with Gasteiger partial charge in [0.25, 0.3) is 0 Å². The second-order valence-corrected chi connectivity index (χ2v) is 5.78. The van der Waals surface area contributed by atoms with Crippen LogP contribution in [0.2, 0.25) is 0 Å². The average molecular weight is 317 g/mol. The fourth-order valence-electron chi connectivity index (χ4n) is 3.31. The highest BCUT2D eigenvalue weighted by Gasteiger charge is 2.46. The summed E-state index contributed by atoms with van der Waals surface area (Å²) < 4.78 is 10.00. The summed E-state index contributed by atoms with van der Waals surface area (Å²) in [5.41, 5.74) is 2.23. The van der Waals surface area contributed by atoms with E-state index in [1.165, 1.54) is 14.2 Å². The number of nitrogens with zero attached hydrogens (tertiary/aromatic N) is 1. The van der Waals surface area contributed by atoms with Crippen LogP contribution in [-0.4, -0.2) is 44.1 Å². The molecule has 1 aliphatic rings. The van der Waals surface area contributed by atoms with E-state index in [4.69, 9.17) is 9.47 Å². The number of carbonyl (C=O) groups is 2.